The molecule has 0 aliphatic carbocycles. The Bertz CT molecular complexity index is 603. The molecule has 1 fully saturated rings. The lowest BCUT2D eigenvalue weighted by Crippen LogP contribution is -2.27. The van der Waals surface area contributed by atoms with Gasteiger partial charge < -0.3 is 9.15 Å². The average Bonchev–Trinajstić information content (AvgIpc) is 3.04. The summed E-state index contributed by atoms with van der Waals surface area (Å²) < 4.78 is 11.9. The Kier molecular flexibility index (Phi) is 6.05. The van der Waals surface area contributed by atoms with Gasteiger partial charge in [-0.15, -0.1) is 0 Å². The van der Waals surface area contributed by atoms with E-state index in [-0.39, 0.29) is 6.10 Å². The van der Waals surface area contributed by atoms with Gasteiger partial charge in [0.1, 0.15) is 17.6 Å². The lowest BCUT2D eigenvalue weighted by molar-refractivity contribution is 0.000771. The van der Waals surface area contributed by atoms with Crippen LogP contribution in [0.15, 0.2) is 40.9 Å². The summed E-state index contributed by atoms with van der Waals surface area (Å²) in [4.78, 5) is 6.85. The molecule has 4 nitrogen and oxygen atoms in total. The van der Waals surface area contributed by atoms with E-state index in [4.69, 9.17) is 9.15 Å². The number of ether oxygens (including phenoxy) is 1. The van der Waals surface area contributed by atoms with Crippen molar-refractivity contribution in [2.75, 3.05) is 13.2 Å². The molecular weight excluding hydrogens is 300 g/mol. The molecule has 3 rings (SSSR count). The zero-order valence-corrected chi connectivity index (χ0v) is 14.8. The fourth-order valence-corrected chi connectivity index (χ4v) is 3.26. The summed E-state index contributed by atoms with van der Waals surface area (Å²) in [5.74, 6) is 2.59. The van der Waals surface area contributed by atoms with Gasteiger partial charge in [-0.3, -0.25) is 9.88 Å². The number of rotatable bonds is 7. The Balaban J connectivity index is 1.64. The highest BCUT2D eigenvalue weighted by Crippen LogP contribution is 2.29. The largest absolute Gasteiger partial charge is 0.462 e. The van der Waals surface area contributed by atoms with E-state index in [9.17, 15) is 0 Å². The van der Waals surface area contributed by atoms with Gasteiger partial charge in [0.05, 0.1) is 12.2 Å². The third kappa shape index (κ3) is 4.92. The van der Waals surface area contributed by atoms with Crippen molar-refractivity contribution in [2.24, 2.45) is 5.92 Å². The summed E-state index contributed by atoms with van der Waals surface area (Å²) in [5.41, 5.74) is 1.10. The third-order valence-corrected chi connectivity index (χ3v) is 4.29. The molecule has 0 spiro atoms. The van der Waals surface area contributed by atoms with Crippen molar-refractivity contribution in [2.45, 2.75) is 52.3 Å². The van der Waals surface area contributed by atoms with E-state index in [0.717, 1.165) is 56.3 Å². The molecule has 2 aromatic rings. The Morgan fingerprint density at radius 3 is 2.79 bits per heavy atom. The van der Waals surface area contributed by atoms with Crippen molar-refractivity contribution >= 4 is 0 Å². The molecule has 1 aliphatic heterocycles. The molecule has 4 heteroatoms. The summed E-state index contributed by atoms with van der Waals surface area (Å²) >= 11 is 0. The van der Waals surface area contributed by atoms with E-state index in [1.807, 2.05) is 18.3 Å². The van der Waals surface area contributed by atoms with Crippen LogP contribution in [0, 0.1) is 5.92 Å². The van der Waals surface area contributed by atoms with Crippen molar-refractivity contribution in [3.05, 3.63) is 53.7 Å². The first-order chi connectivity index (χ1) is 11.7. The maximum Gasteiger partial charge on any atom is 0.133 e. The van der Waals surface area contributed by atoms with Gasteiger partial charge in [-0.1, -0.05) is 19.9 Å². The molecule has 3 heterocycles. The molecule has 0 bridgehead atoms. The molecule has 1 atom stereocenters. The van der Waals surface area contributed by atoms with Gasteiger partial charge >= 0.3 is 0 Å². The molecule has 0 unspecified atom stereocenters. The van der Waals surface area contributed by atoms with Crippen LogP contribution in [0.25, 0.3) is 0 Å². The fourth-order valence-electron chi connectivity index (χ4n) is 3.26. The van der Waals surface area contributed by atoms with Gasteiger partial charge in [0, 0.05) is 25.9 Å². The monoisotopic (exact) mass is 328 g/mol. The number of pyridine rings is 1. The SMILES string of the molecule is CC(C)CN(Cc1ccccn1)Cc1ccc([C@@H]2CCCCO2)o1. The Morgan fingerprint density at radius 2 is 2.08 bits per heavy atom. The number of furan rings is 1. The fraction of sp³-hybridized carbons (Fsp3) is 0.550. The van der Waals surface area contributed by atoms with E-state index in [1.165, 1.54) is 6.42 Å². The van der Waals surface area contributed by atoms with E-state index in [1.54, 1.807) is 0 Å². The second-order valence-corrected chi connectivity index (χ2v) is 7.04. The van der Waals surface area contributed by atoms with Crippen LogP contribution in [0.3, 0.4) is 0 Å². The van der Waals surface area contributed by atoms with Crippen molar-refractivity contribution in [1.82, 2.24) is 9.88 Å². The summed E-state index contributed by atoms with van der Waals surface area (Å²) in [6.45, 7) is 8.01. The van der Waals surface area contributed by atoms with Gasteiger partial charge in [-0.05, 0) is 49.4 Å². The van der Waals surface area contributed by atoms with E-state index in [0.29, 0.717) is 5.92 Å². The number of aromatic nitrogens is 1. The lowest BCUT2D eigenvalue weighted by Gasteiger charge is -2.23. The average molecular weight is 328 g/mol. The predicted octanol–water partition coefficient (Wildman–Crippen LogP) is 4.57. The van der Waals surface area contributed by atoms with E-state index >= 15 is 0 Å². The van der Waals surface area contributed by atoms with Gasteiger partial charge in [-0.25, -0.2) is 0 Å². The molecule has 2 aromatic heterocycles. The van der Waals surface area contributed by atoms with Crippen molar-refractivity contribution in [3.63, 3.8) is 0 Å². The summed E-state index contributed by atoms with van der Waals surface area (Å²) in [5, 5.41) is 0. The topological polar surface area (TPSA) is 38.5 Å². The van der Waals surface area contributed by atoms with E-state index in [2.05, 4.69) is 41.9 Å². The lowest BCUT2D eigenvalue weighted by atomic mass is 10.1. The Labute approximate surface area is 144 Å². The molecule has 0 radical (unpaired) electrons. The van der Waals surface area contributed by atoms with Crippen LogP contribution in [0.2, 0.25) is 0 Å². The van der Waals surface area contributed by atoms with Crippen LogP contribution < -0.4 is 0 Å². The normalized spacial score (nSPS) is 18.4. The zero-order valence-electron chi connectivity index (χ0n) is 14.8. The maximum atomic E-state index is 6.09. The highest BCUT2D eigenvalue weighted by molar-refractivity contribution is 5.11. The van der Waals surface area contributed by atoms with Crippen LogP contribution in [-0.4, -0.2) is 23.0 Å². The summed E-state index contributed by atoms with van der Waals surface area (Å²) in [7, 11) is 0. The molecule has 1 aliphatic rings. The maximum absolute atomic E-state index is 6.09. The number of hydrogen-bond acceptors (Lipinski definition) is 4. The summed E-state index contributed by atoms with van der Waals surface area (Å²) in [6.07, 6.45) is 5.45. The molecule has 1 saturated heterocycles. The molecule has 0 N–H and O–H groups in total. The van der Waals surface area contributed by atoms with Crippen LogP contribution in [0.1, 0.15) is 56.4 Å². The second kappa shape index (κ2) is 8.45. The van der Waals surface area contributed by atoms with Gasteiger partial charge in [0.25, 0.3) is 0 Å². The minimum atomic E-state index is 0.141. The first-order valence-electron chi connectivity index (χ1n) is 9.03. The second-order valence-electron chi connectivity index (χ2n) is 7.04. The van der Waals surface area contributed by atoms with Gasteiger partial charge in [-0.2, -0.15) is 0 Å². The molecule has 0 aromatic carbocycles. The highest BCUT2D eigenvalue weighted by Gasteiger charge is 2.20. The number of nitrogens with zero attached hydrogens (tertiary/aromatic N) is 2. The standard InChI is InChI=1S/C20H28N2O2/c1-16(2)13-22(14-17-7-3-5-11-21-17)15-18-9-10-20(24-18)19-8-4-6-12-23-19/h3,5,7,9-11,16,19H,4,6,8,12-15H2,1-2H3/t19-/m0/s1. The highest BCUT2D eigenvalue weighted by atomic mass is 16.5. The molecule has 130 valence electrons. The van der Waals surface area contributed by atoms with Crippen molar-refractivity contribution in [1.29, 1.82) is 0 Å². The molecule has 0 saturated carbocycles. The molecule has 24 heavy (non-hydrogen) atoms. The van der Waals surface area contributed by atoms with Crippen LogP contribution in [0.5, 0.6) is 0 Å². The smallest absolute Gasteiger partial charge is 0.133 e. The summed E-state index contributed by atoms with van der Waals surface area (Å²) in [6, 6.07) is 10.3. The van der Waals surface area contributed by atoms with E-state index < -0.39 is 0 Å². The molecular formula is C20H28N2O2. The molecule has 0 amide bonds. The number of hydrogen-bond donors (Lipinski definition) is 0. The quantitative estimate of drug-likeness (QED) is 0.746. The first kappa shape index (κ1) is 17.2. The zero-order chi connectivity index (χ0) is 16.8. The van der Waals surface area contributed by atoms with Crippen molar-refractivity contribution < 1.29 is 9.15 Å². The first-order valence-corrected chi connectivity index (χ1v) is 9.03. The van der Waals surface area contributed by atoms with Crippen LogP contribution in [-0.2, 0) is 17.8 Å². The van der Waals surface area contributed by atoms with Crippen LogP contribution in [0.4, 0.5) is 0 Å². The third-order valence-electron chi connectivity index (χ3n) is 4.29. The predicted molar refractivity (Wildman–Crippen MR) is 94.4 cm³/mol. The van der Waals surface area contributed by atoms with Crippen molar-refractivity contribution in [3.8, 4) is 0 Å². The van der Waals surface area contributed by atoms with Gasteiger partial charge in [0.2, 0.25) is 0 Å². The van der Waals surface area contributed by atoms with Gasteiger partial charge in [0.15, 0.2) is 0 Å². The van der Waals surface area contributed by atoms with Crippen LogP contribution >= 0.6 is 0 Å². The minimum Gasteiger partial charge on any atom is -0.462 e. The Hall–Kier alpha value is -1.65. The Morgan fingerprint density at radius 1 is 1.17 bits per heavy atom. The minimum absolute atomic E-state index is 0.141.